The Morgan fingerprint density at radius 3 is 2.40 bits per heavy atom. The van der Waals surface area contributed by atoms with E-state index in [1.807, 2.05) is 4.90 Å². The molecule has 0 atom stereocenters. The highest BCUT2D eigenvalue weighted by Gasteiger charge is 2.27. The minimum absolute atomic E-state index is 0. The fourth-order valence-corrected chi connectivity index (χ4v) is 3.94. The van der Waals surface area contributed by atoms with Crippen molar-refractivity contribution >= 4 is 35.7 Å². The van der Waals surface area contributed by atoms with Crippen LogP contribution in [-0.4, -0.2) is 58.9 Å². The van der Waals surface area contributed by atoms with Gasteiger partial charge in [0.25, 0.3) is 5.91 Å². The number of urea groups is 1. The van der Waals surface area contributed by atoms with Gasteiger partial charge in [0.05, 0.1) is 0 Å². The smallest absolute Gasteiger partial charge is 0.317 e. The standard InChI is InChI=1S/C16H25N5O2S.ClH/c17-10-14-19-13(11-24-14)15(22)20-6-8-21(9-7-20)16(23)18-12-4-2-1-3-5-12;/h11-12H,1-10,17H2,(H,18,23);1H. The number of hydrogen-bond donors (Lipinski definition) is 2. The molecule has 2 heterocycles. The lowest BCUT2D eigenvalue weighted by atomic mass is 9.96. The molecule has 3 N–H and O–H groups in total. The van der Waals surface area contributed by atoms with Crippen LogP contribution in [0.25, 0.3) is 0 Å². The first kappa shape index (κ1) is 19.9. The number of halogens is 1. The second-order valence-electron chi connectivity index (χ2n) is 6.39. The molecule has 1 aromatic rings. The van der Waals surface area contributed by atoms with Crippen LogP contribution >= 0.6 is 23.7 Å². The average molecular weight is 388 g/mol. The predicted octanol–water partition coefficient (Wildman–Crippen LogP) is 1.82. The van der Waals surface area contributed by atoms with Gasteiger partial charge in [-0.25, -0.2) is 9.78 Å². The highest BCUT2D eigenvalue weighted by atomic mass is 35.5. The van der Waals surface area contributed by atoms with Crippen LogP contribution in [0, 0.1) is 0 Å². The predicted molar refractivity (Wildman–Crippen MR) is 100 cm³/mol. The van der Waals surface area contributed by atoms with Crippen LogP contribution in [0.3, 0.4) is 0 Å². The maximum Gasteiger partial charge on any atom is 0.317 e. The number of amides is 3. The number of thiazole rings is 1. The molecule has 0 bridgehead atoms. The molecule has 2 aliphatic rings. The van der Waals surface area contributed by atoms with Gasteiger partial charge in [0.1, 0.15) is 10.7 Å². The van der Waals surface area contributed by atoms with Gasteiger partial charge in [-0.15, -0.1) is 23.7 Å². The zero-order valence-corrected chi connectivity index (χ0v) is 15.9. The molecule has 1 saturated carbocycles. The summed E-state index contributed by atoms with van der Waals surface area (Å²) in [6, 6.07) is 0.323. The van der Waals surface area contributed by atoms with Gasteiger partial charge in [0.2, 0.25) is 0 Å². The summed E-state index contributed by atoms with van der Waals surface area (Å²) in [5.74, 6) is -0.0710. The van der Waals surface area contributed by atoms with Gasteiger partial charge in [-0.3, -0.25) is 4.79 Å². The number of nitrogens with two attached hydrogens (primary N) is 1. The molecule has 0 unspecified atom stereocenters. The third kappa shape index (κ3) is 5.05. The maximum absolute atomic E-state index is 12.4. The molecule has 3 amide bonds. The Morgan fingerprint density at radius 1 is 1.16 bits per heavy atom. The first-order valence-corrected chi connectivity index (χ1v) is 9.54. The Bertz CT molecular complexity index is 583. The summed E-state index contributed by atoms with van der Waals surface area (Å²) in [6.45, 7) is 2.59. The van der Waals surface area contributed by atoms with Crippen molar-refractivity contribution in [1.29, 1.82) is 0 Å². The van der Waals surface area contributed by atoms with E-state index in [1.165, 1.54) is 30.6 Å². The van der Waals surface area contributed by atoms with Gasteiger partial charge in [-0.1, -0.05) is 19.3 Å². The summed E-state index contributed by atoms with van der Waals surface area (Å²) < 4.78 is 0. The van der Waals surface area contributed by atoms with Gasteiger partial charge >= 0.3 is 6.03 Å². The Balaban J connectivity index is 0.00000225. The van der Waals surface area contributed by atoms with Crippen molar-refractivity contribution in [3.8, 4) is 0 Å². The molecule has 3 rings (SSSR count). The van der Waals surface area contributed by atoms with Crippen LogP contribution in [0.5, 0.6) is 0 Å². The van der Waals surface area contributed by atoms with Crippen molar-refractivity contribution in [3.63, 3.8) is 0 Å². The van der Waals surface area contributed by atoms with Crippen LogP contribution in [0.4, 0.5) is 4.79 Å². The largest absolute Gasteiger partial charge is 0.335 e. The maximum atomic E-state index is 12.4. The second-order valence-corrected chi connectivity index (χ2v) is 7.34. The first-order valence-electron chi connectivity index (χ1n) is 8.66. The van der Waals surface area contributed by atoms with Crippen molar-refractivity contribution in [2.24, 2.45) is 5.73 Å². The fourth-order valence-electron chi connectivity index (χ4n) is 3.29. The summed E-state index contributed by atoms with van der Waals surface area (Å²) in [5, 5.41) is 5.66. The number of piperazine rings is 1. The molecule has 7 nitrogen and oxygen atoms in total. The summed E-state index contributed by atoms with van der Waals surface area (Å²) in [4.78, 5) is 32.6. The molecule has 2 fully saturated rings. The van der Waals surface area contributed by atoms with Crippen LogP contribution in [-0.2, 0) is 6.54 Å². The van der Waals surface area contributed by atoms with Crippen LogP contribution in [0.15, 0.2) is 5.38 Å². The van der Waals surface area contributed by atoms with Gasteiger partial charge < -0.3 is 20.9 Å². The molecule has 1 aliphatic carbocycles. The quantitative estimate of drug-likeness (QED) is 0.827. The van der Waals surface area contributed by atoms with Gasteiger partial charge in [0.15, 0.2) is 0 Å². The second kappa shape index (κ2) is 9.35. The lowest BCUT2D eigenvalue weighted by Gasteiger charge is -2.35. The van der Waals surface area contributed by atoms with E-state index in [4.69, 9.17) is 5.73 Å². The fraction of sp³-hybridized carbons (Fsp3) is 0.688. The summed E-state index contributed by atoms with van der Waals surface area (Å²) in [5.41, 5.74) is 6.00. The molecule has 25 heavy (non-hydrogen) atoms. The number of nitrogens with one attached hydrogen (secondary N) is 1. The molecule has 1 saturated heterocycles. The summed E-state index contributed by atoms with van der Waals surface area (Å²) in [6.07, 6.45) is 5.84. The molecule has 1 aliphatic heterocycles. The van der Waals surface area contributed by atoms with E-state index in [-0.39, 0.29) is 24.3 Å². The Morgan fingerprint density at radius 2 is 1.80 bits per heavy atom. The van der Waals surface area contributed by atoms with Gasteiger partial charge in [-0.05, 0) is 12.8 Å². The van der Waals surface area contributed by atoms with Crippen molar-refractivity contribution in [2.45, 2.75) is 44.7 Å². The Kier molecular flexibility index (Phi) is 7.46. The lowest BCUT2D eigenvalue weighted by molar-refractivity contribution is 0.0657. The minimum Gasteiger partial charge on any atom is -0.335 e. The number of aromatic nitrogens is 1. The van der Waals surface area contributed by atoms with Crippen molar-refractivity contribution in [1.82, 2.24) is 20.1 Å². The van der Waals surface area contributed by atoms with E-state index in [1.54, 1.807) is 10.3 Å². The monoisotopic (exact) mass is 387 g/mol. The van der Waals surface area contributed by atoms with Crippen molar-refractivity contribution in [3.05, 3.63) is 16.1 Å². The van der Waals surface area contributed by atoms with Crippen molar-refractivity contribution in [2.75, 3.05) is 26.2 Å². The van der Waals surface area contributed by atoms with Crippen LogP contribution in [0.2, 0.25) is 0 Å². The van der Waals surface area contributed by atoms with Crippen molar-refractivity contribution < 1.29 is 9.59 Å². The SMILES string of the molecule is Cl.NCc1nc(C(=O)N2CCN(C(=O)NC3CCCCC3)CC2)cs1. The number of hydrogen-bond acceptors (Lipinski definition) is 5. The average Bonchev–Trinajstić information content (AvgIpc) is 3.11. The third-order valence-corrected chi connectivity index (χ3v) is 5.60. The van der Waals surface area contributed by atoms with Crippen LogP contribution < -0.4 is 11.1 Å². The van der Waals surface area contributed by atoms with E-state index >= 15 is 0 Å². The minimum atomic E-state index is -0.0710. The normalized spacial score (nSPS) is 18.6. The number of carbonyl (C=O) groups excluding carboxylic acids is 2. The number of carbonyl (C=O) groups is 2. The van der Waals surface area contributed by atoms with E-state index in [0.717, 1.165) is 17.8 Å². The molecule has 0 radical (unpaired) electrons. The zero-order valence-electron chi connectivity index (χ0n) is 14.3. The molecule has 1 aromatic heterocycles. The molecular weight excluding hydrogens is 362 g/mol. The molecule has 0 aromatic carbocycles. The summed E-state index contributed by atoms with van der Waals surface area (Å²) in [7, 11) is 0. The van der Waals surface area contributed by atoms with E-state index in [2.05, 4.69) is 10.3 Å². The van der Waals surface area contributed by atoms with E-state index < -0.39 is 0 Å². The summed E-state index contributed by atoms with van der Waals surface area (Å²) >= 11 is 1.41. The lowest BCUT2D eigenvalue weighted by Crippen LogP contribution is -2.54. The van der Waals surface area contributed by atoms with Gasteiger partial charge in [-0.2, -0.15) is 0 Å². The first-order chi connectivity index (χ1) is 11.7. The molecule has 9 heteroatoms. The molecule has 140 valence electrons. The molecular formula is C16H26ClN5O2S. The van der Waals surface area contributed by atoms with Gasteiger partial charge in [0, 0.05) is 44.1 Å². The number of nitrogens with zero attached hydrogens (tertiary/aromatic N) is 3. The highest BCUT2D eigenvalue weighted by molar-refractivity contribution is 7.09. The van der Waals surface area contributed by atoms with E-state index in [0.29, 0.717) is 44.5 Å². The highest BCUT2D eigenvalue weighted by Crippen LogP contribution is 2.18. The Labute approximate surface area is 158 Å². The van der Waals surface area contributed by atoms with Crippen LogP contribution in [0.1, 0.15) is 47.6 Å². The topological polar surface area (TPSA) is 91.6 Å². The van der Waals surface area contributed by atoms with E-state index in [9.17, 15) is 9.59 Å². The molecule has 0 spiro atoms. The Hall–Kier alpha value is -1.38. The zero-order chi connectivity index (χ0) is 16.9. The number of rotatable bonds is 3. The third-order valence-electron chi connectivity index (χ3n) is 4.73.